The molecule has 0 saturated heterocycles. The summed E-state index contributed by atoms with van der Waals surface area (Å²) >= 11 is 0. The molecule has 7 nitrogen and oxygen atoms in total. The second kappa shape index (κ2) is 9.21. The first-order chi connectivity index (χ1) is 13.2. The van der Waals surface area contributed by atoms with Gasteiger partial charge in [-0.15, -0.1) is 0 Å². The lowest BCUT2D eigenvalue weighted by Crippen LogP contribution is -2.36. The van der Waals surface area contributed by atoms with Crippen LogP contribution in [0.2, 0.25) is 0 Å². The first-order valence-electron chi connectivity index (χ1n) is 9.47. The van der Waals surface area contributed by atoms with E-state index in [1.807, 2.05) is 42.1 Å². The Hall–Kier alpha value is -2.83. The molecule has 1 saturated carbocycles. The zero-order valence-electron chi connectivity index (χ0n) is 16.0. The van der Waals surface area contributed by atoms with E-state index in [2.05, 4.69) is 26.0 Å². The van der Waals surface area contributed by atoms with Crippen LogP contribution >= 0.6 is 0 Å². The van der Waals surface area contributed by atoms with Gasteiger partial charge in [-0.2, -0.15) is 5.10 Å². The summed E-state index contributed by atoms with van der Waals surface area (Å²) in [5.74, 6) is 1.03. The van der Waals surface area contributed by atoms with Crippen molar-refractivity contribution in [1.29, 1.82) is 0 Å². The summed E-state index contributed by atoms with van der Waals surface area (Å²) in [4.78, 5) is 16.6. The van der Waals surface area contributed by atoms with E-state index in [4.69, 9.17) is 0 Å². The van der Waals surface area contributed by atoms with E-state index in [0.29, 0.717) is 13.1 Å². The molecule has 1 aromatic heterocycles. The Labute approximate surface area is 160 Å². The van der Waals surface area contributed by atoms with Crippen LogP contribution in [0.15, 0.2) is 41.5 Å². The van der Waals surface area contributed by atoms with Gasteiger partial charge < -0.3 is 16.0 Å². The third-order valence-corrected chi connectivity index (χ3v) is 4.96. The summed E-state index contributed by atoms with van der Waals surface area (Å²) in [5.41, 5.74) is 3.02. The lowest BCUT2D eigenvalue weighted by molar-refractivity contribution is -0.119. The largest absolute Gasteiger partial charge is 0.352 e. The molecule has 0 spiro atoms. The van der Waals surface area contributed by atoms with Crippen LogP contribution in [0.3, 0.4) is 0 Å². The van der Waals surface area contributed by atoms with E-state index < -0.39 is 0 Å². The number of anilines is 1. The quantitative estimate of drug-likeness (QED) is 0.540. The molecule has 27 heavy (non-hydrogen) atoms. The summed E-state index contributed by atoms with van der Waals surface area (Å²) in [6.45, 7) is 1.27. The maximum absolute atomic E-state index is 12.3. The van der Waals surface area contributed by atoms with Crippen LogP contribution in [0, 0.1) is 5.92 Å². The van der Waals surface area contributed by atoms with Gasteiger partial charge in [0.15, 0.2) is 5.96 Å². The predicted octanol–water partition coefficient (Wildman–Crippen LogP) is 2.41. The van der Waals surface area contributed by atoms with Crippen LogP contribution < -0.4 is 16.0 Å². The number of rotatable bonds is 6. The van der Waals surface area contributed by atoms with E-state index in [1.54, 1.807) is 13.2 Å². The van der Waals surface area contributed by atoms with Crippen LogP contribution in [0.5, 0.6) is 0 Å². The van der Waals surface area contributed by atoms with E-state index in [1.165, 1.54) is 0 Å². The molecular weight excluding hydrogens is 340 g/mol. The molecule has 1 aliphatic rings. The summed E-state index contributed by atoms with van der Waals surface area (Å²) < 4.78 is 1.83. The van der Waals surface area contributed by atoms with Gasteiger partial charge >= 0.3 is 0 Å². The third kappa shape index (κ3) is 5.32. The summed E-state index contributed by atoms with van der Waals surface area (Å²) in [6.07, 6.45) is 6.11. The number of benzene rings is 1. The number of amides is 1. The molecule has 0 aliphatic heterocycles. The molecule has 2 aromatic rings. The summed E-state index contributed by atoms with van der Waals surface area (Å²) in [5, 5.41) is 13.8. The minimum atomic E-state index is 0.145. The number of carbonyl (C=O) groups is 1. The number of nitrogens with zero attached hydrogens (tertiary/aromatic N) is 3. The minimum Gasteiger partial charge on any atom is -0.352 e. The SMILES string of the molecule is CN=C(NCc1cccc(NC(=O)C2CCCC2)c1)NCc1ccnn1C. The average molecular weight is 368 g/mol. The topological polar surface area (TPSA) is 83.3 Å². The minimum absolute atomic E-state index is 0.145. The molecule has 7 heteroatoms. The Kier molecular flexibility index (Phi) is 6.46. The van der Waals surface area contributed by atoms with Gasteiger partial charge in [0.05, 0.1) is 12.2 Å². The summed E-state index contributed by atoms with van der Waals surface area (Å²) in [7, 11) is 3.66. The van der Waals surface area contributed by atoms with Crippen molar-refractivity contribution in [2.75, 3.05) is 12.4 Å². The lowest BCUT2D eigenvalue weighted by Gasteiger charge is -2.14. The van der Waals surface area contributed by atoms with Crippen LogP contribution in [0.25, 0.3) is 0 Å². The van der Waals surface area contributed by atoms with Gasteiger partial charge in [-0.05, 0) is 36.6 Å². The monoisotopic (exact) mass is 368 g/mol. The van der Waals surface area contributed by atoms with Crippen molar-refractivity contribution in [3.63, 3.8) is 0 Å². The molecule has 1 aromatic carbocycles. The predicted molar refractivity (Wildman–Crippen MR) is 107 cm³/mol. The normalized spacial score (nSPS) is 15.0. The van der Waals surface area contributed by atoms with Crippen LogP contribution in [0.1, 0.15) is 36.9 Å². The second-order valence-corrected chi connectivity index (χ2v) is 6.90. The zero-order chi connectivity index (χ0) is 19.1. The van der Waals surface area contributed by atoms with Gasteiger partial charge in [-0.3, -0.25) is 14.5 Å². The smallest absolute Gasteiger partial charge is 0.227 e. The first kappa shape index (κ1) is 18.9. The number of nitrogens with one attached hydrogen (secondary N) is 3. The van der Waals surface area contributed by atoms with Crippen LogP contribution in [0.4, 0.5) is 5.69 Å². The fraction of sp³-hybridized carbons (Fsp3) is 0.450. The molecule has 0 atom stereocenters. The maximum atomic E-state index is 12.3. The standard InChI is InChI=1S/C20H28N6O/c1-21-20(23-14-18-10-11-24-26(18)2)22-13-15-6-5-9-17(12-15)25-19(27)16-7-3-4-8-16/h5-6,9-12,16H,3-4,7-8,13-14H2,1-2H3,(H,25,27)(H2,21,22,23). The Bertz CT molecular complexity index is 791. The fourth-order valence-corrected chi connectivity index (χ4v) is 3.35. The zero-order valence-corrected chi connectivity index (χ0v) is 16.0. The number of aromatic nitrogens is 2. The lowest BCUT2D eigenvalue weighted by atomic mass is 10.1. The van der Waals surface area contributed by atoms with Crippen molar-refractivity contribution in [2.24, 2.45) is 18.0 Å². The molecule has 3 N–H and O–H groups in total. The van der Waals surface area contributed by atoms with Gasteiger partial charge in [-0.1, -0.05) is 25.0 Å². The van der Waals surface area contributed by atoms with Gasteiger partial charge in [0.1, 0.15) is 0 Å². The maximum Gasteiger partial charge on any atom is 0.227 e. The highest BCUT2D eigenvalue weighted by molar-refractivity contribution is 5.92. The van der Waals surface area contributed by atoms with Gasteiger partial charge in [0.2, 0.25) is 5.91 Å². The van der Waals surface area contributed by atoms with Crippen LogP contribution in [-0.4, -0.2) is 28.7 Å². The van der Waals surface area contributed by atoms with Crippen molar-refractivity contribution in [3.05, 3.63) is 47.8 Å². The van der Waals surface area contributed by atoms with Crippen molar-refractivity contribution in [3.8, 4) is 0 Å². The number of hydrogen-bond acceptors (Lipinski definition) is 3. The van der Waals surface area contributed by atoms with Gasteiger partial charge in [0.25, 0.3) is 0 Å². The highest BCUT2D eigenvalue weighted by Gasteiger charge is 2.22. The van der Waals surface area contributed by atoms with Crippen LogP contribution in [-0.2, 0) is 24.9 Å². The van der Waals surface area contributed by atoms with Crippen molar-refractivity contribution in [2.45, 2.75) is 38.8 Å². The third-order valence-electron chi connectivity index (χ3n) is 4.96. The molecule has 1 fully saturated rings. The molecule has 0 radical (unpaired) electrons. The number of carbonyl (C=O) groups excluding carboxylic acids is 1. The molecule has 1 heterocycles. The highest BCUT2D eigenvalue weighted by Crippen LogP contribution is 2.26. The fourth-order valence-electron chi connectivity index (χ4n) is 3.35. The van der Waals surface area contributed by atoms with Gasteiger partial charge in [-0.25, -0.2) is 0 Å². The Balaban J connectivity index is 1.50. The number of guanidine groups is 1. The van der Waals surface area contributed by atoms with Crippen molar-refractivity contribution < 1.29 is 4.79 Å². The summed E-state index contributed by atoms with van der Waals surface area (Å²) in [6, 6.07) is 9.91. The van der Waals surface area contributed by atoms with Crippen molar-refractivity contribution in [1.82, 2.24) is 20.4 Å². The average Bonchev–Trinajstić information content (AvgIpc) is 3.34. The van der Waals surface area contributed by atoms with E-state index in [9.17, 15) is 4.79 Å². The van der Waals surface area contributed by atoms with Gasteiger partial charge in [0, 0.05) is 38.4 Å². The molecule has 144 valence electrons. The molecule has 3 rings (SSSR count). The molecule has 1 amide bonds. The second-order valence-electron chi connectivity index (χ2n) is 6.90. The number of aryl methyl sites for hydroxylation is 1. The van der Waals surface area contributed by atoms with Crippen molar-refractivity contribution >= 4 is 17.6 Å². The first-order valence-corrected chi connectivity index (χ1v) is 9.47. The number of hydrogen-bond donors (Lipinski definition) is 3. The Morgan fingerprint density at radius 1 is 1.22 bits per heavy atom. The molecule has 0 bridgehead atoms. The Morgan fingerprint density at radius 3 is 2.70 bits per heavy atom. The number of aliphatic imine (C=N–C) groups is 1. The van der Waals surface area contributed by atoms with E-state index >= 15 is 0 Å². The highest BCUT2D eigenvalue weighted by atomic mass is 16.1. The Morgan fingerprint density at radius 2 is 2.00 bits per heavy atom. The van der Waals surface area contributed by atoms with E-state index in [-0.39, 0.29) is 11.8 Å². The molecule has 1 aliphatic carbocycles. The molecule has 0 unspecified atom stereocenters. The van der Waals surface area contributed by atoms with E-state index in [0.717, 1.165) is 48.6 Å². The molecular formula is C20H28N6O.